The molecule has 1 unspecified atom stereocenters. The predicted octanol–water partition coefficient (Wildman–Crippen LogP) is 2.79. The second-order valence-corrected chi connectivity index (χ2v) is 7.00. The van der Waals surface area contributed by atoms with Crippen LogP contribution in [0.2, 0.25) is 0 Å². The van der Waals surface area contributed by atoms with Crippen LogP contribution in [0.4, 0.5) is 0 Å². The molecule has 20 heavy (non-hydrogen) atoms. The summed E-state index contributed by atoms with van der Waals surface area (Å²) < 4.78 is 7.10. The molecule has 1 fully saturated rings. The van der Waals surface area contributed by atoms with Gasteiger partial charge in [-0.1, -0.05) is 0 Å². The molecule has 3 rings (SSSR count). The molecule has 2 aromatic carbocycles. The van der Waals surface area contributed by atoms with E-state index in [9.17, 15) is 0 Å². The Balaban J connectivity index is 1.66. The van der Waals surface area contributed by atoms with E-state index in [-0.39, 0.29) is 0 Å². The SMILES string of the molecule is C(/[Se]c1ccccc1)=C1\COCC1Cc1ccccc1. The van der Waals surface area contributed by atoms with Gasteiger partial charge in [-0.2, -0.15) is 0 Å². The van der Waals surface area contributed by atoms with Crippen molar-refractivity contribution in [3.05, 3.63) is 76.8 Å². The summed E-state index contributed by atoms with van der Waals surface area (Å²) in [6.45, 7) is 1.68. The van der Waals surface area contributed by atoms with Gasteiger partial charge in [-0.05, 0) is 0 Å². The molecule has 0 aliphatic carbocycles. The van der Waals surface area contributed by atoms with E-state index in [2.05, 4.69) is 65.6 Å². The van der Waals surface area contributed by atoms with Gasteiger partial charge in [0.25, 0.3) is 0 Å². The molecule has 0 saturated carbocycles. The minimum atomic E-state index is 0.416. The first-order valence-corrected chi connectivity index (χ1v) is 8.79. The van der Waals surface area contributed by atoms with Crippen LogP contribution >= 0.6 is 0 Å². The summed E-state index contributed by atoms with van der Waals surface area (Å²) in [5.41, 5.74) is 2.89. The topological polar surface area (TPSA) is 9.23 Å². The van der Waals surface area contributed by atoms with Crippen molar-refractivity contribution in [2.24, 2.45) is 5.92 Å². The van der Waals surface area contributed by atoms with Gasteiger partial charge in [0.15, 0.2) is 0 Å². The molecule has 2 heteroatoms. The molecule has 102 valence electrons. The van der Waals surface area contributed by atoms with Crippen LogP contribution in [0.5, 0.6) is 0 Å². The van der Waals surface area contributed by atoms with E-state index in [0.29, 0.717) is 20.9 Å². The summed E-state index contributed by atoms with van der Waals surface area (Å²) in [6.07, 6.45) is 1.09. The third-order valence-electron chi connectivity index (χ3n) is 3.53. The van der Waals surface area contributed by atoms with Gasteiger partial charge in [-0.25, -0.2) is 0 Å². The van der Waals surface area contributed by atoms with Crippen molar-refractivity contribution in [2.75, 3.05) is 13.2 Å². The second-order valence-electron chi connectivity index (χ2n) is 5.03. The Bertz CT molecular complexity index is 562. The molecule has 0 bridgehead atoms. The van der Waals surface area contributed by atoms with Crippen LogP contribution in [0.25, 0.3) is 0 Å². The average Bonchev–Trinajstić information content (AvgIpc) is 2.94. The van der Waals surface area contributed by atoms with E-state index in [4.69, 9.17) is 4.74 Å². The minimum absolute atomic E-state index is 0.416. The standard InChI is InChI=1S/C18H18OSe/c1-3-7-15(8-4-1)11-16-12-19-13-17(16)14-20-18-9-5-2-6-10-18/h1-10,14,16H,11-13H2/b17-14-. The molecule has 0 aromatic heterocycles. The first-order valence-electron chi connectivity index (χ1n) is 6.94. The summed E-state index contributed by atoms with van der Waals surface area (Å²) in [5.74, 6) is 0.558. The van der Waals surface area contributed by atoms with Crippen molar-refractivity contribution in [1.29, 1.82) is 0 Å². The first-order chi connectivity index (χ1) is 9.92. The third-order valence-corrected chi connectivity index (χ3v) is 5.55. The fourth-order valence-corrected chi connectivity index (χ4v) is 4.21. The van der Waals surface area contributed by atoms with Crippen LogP contribution in [0.15, 0.2) is 71.2 Å². The molecule has 1 atom stereocenters. The molecule has 1 heterocycles. The number of hydrogen-bond donors (Lipinski definition) is 0. The van der Waals surface area contributed by atoms with Crippen molar-refractivity contribution >= 4 is 19.4 Å². The van der Waals surface area contributed by atoms with E-state index < -0.39 is 0 Å². The molecule has 1 nitrogen and oxygen atoms in total. The van der Waals surface area contributed by atoms with Gasteiger partial charge in [0.1, 0.15) is 0 Å². The van der Waals surface area contributed by atoms with Gasteiger partial charge in [0.05, 0.1) is 0 Å². The van der Waals surface area contributed by atoms with Crippen molar-refractivity contribution in [1.82, 2.24) is 0 Å². The normalized spacial score (nSPS) is 20.4. The first kappa shape index (κ1) is 13.6. The Morgan fingerprint density at radius 2 is 1.70 bits per heavy atom. The van der Waals surface area contributed by atoms with Crippen molar-refractivity contribution in [3.63, 3.8) is 0 Å². The maximum atomic E-state index is 5.67. The third kappa shape index (κ3) is 3.61. The molecular formula is C18H18OSe. The molecule has 1 aliphatic heterocycles. The Morgan fingerprint density at radius 1 is 1.00 bits per heavy atom. The van der Waals surface area contributed by atoms with Gasteiger partial charge < -0.3 is 0 Å². The predicted molar refractivity (Wildman–Crippen MR) is 84.4 cm³/mol. The number of rotatable bonds is 4. The summed E-state index contributed by atoms with van der Waals surface area (Å²) >= 11 is 0.416. The molecule has 2 aromatic rings. The van der Waals surface area contributed by atoms with Crippen molar-refractivity contribution < 1.29 is 4.74 Å². The summed E-state index contributed by atoms with van der Waals surface area (Å²) in [4.78, 5) is 2.42. The molecule has 0 amide bonds. The Morgan fingerprint density at radius 3 is 2.45 bits per heavy atom. The van der Waals surface area contributed by atoms with Gasteiger partial charge in [-0.15, -0.1) is 0 Å². The summed E-state index contributed by atoms with van der Waals surface area (Å²) in [6, 6.07) is 21.4. The van der Waals surface area contributed by atoms with Crippen molar-refractivity contribution in [3.8, 4) is 0 Å². The molecule has 1 saturated heterocycles. The Kier molecular flexibility index (Phi) is 4.70. The number of ether oxygens (including phenoxy) is 1. The monoisotopic (exact) mass is 330 g/mol. The van der Waals surface area contributed by atoms with E-state index in [0.717, 1.165) is 19.6 Å². The zero-order valence-corrected chi connectivity index (χ0v) is 13.1. The molecular weight excluding hydrogens is 311 g/mol. The van der Waals surface area contributed by atoms with E-state index in [1.807, 2.05) is 0 Å². The molecule has 0 spiro atoms. The zero-order valence-electron chi connectivity index (χ0n) is 11.4. The van der Waals surface area contributed by atoms with Crippen LogP contribution in [-0.2, 0) is 11.2 Å². The fourth-order valence-electron chi connectivity index (χ4n) is 2.41. The van der Waals surface area contributed by atoms with E-state index in [1.165, 1.54) is 15.6 Å². The average molecular weight is 329 g/mol. The molecule has 1 aliphatic rings. The van der Waals surface area contributed by atoms with Crippen LogP contribution in [0.3, 0.4) is 0 Å². The Hall–Kier alpha value is -1.34. The van der Waals surface area contributed by atoms with Crippen LogP contribution in [-0.4, -0.2) is 28.2 Å². The summed E-state index contributed by atoms with van der Waals surface area (Å²) in [7, 11) is 0. The maximum absolute atomic E-state index is 5.67. The summed E-state index contributed by atoms with van der Waals surface area (Å²) in [5, 5.41) is 0. The van der Waals surface area contributed by atoms with Crippen LogP contribution in [0.1, 0.15) is 5.56 Å². The van der Waals surface area contributed by atoms with Gasteiger partial charge >= 0.3 is 126 Å². The molecule has 0 radical (unpaired) electrons. The number of hydrogen-bond acceptors (Lipinski definition) is 1. The molecule has 0 N–H and O–H groups in total. The van der Waals surface area contributed by atoms with Crippen LogP contribution in [0, 0.1) is 5.92 Å². The van der Waals surface area contributed by atoms with Crippen molar-refractivity contribution in [2.45, 2.75) is 6.42 Å². The van der Waals surface area contributed by atoms with E-state index in [1.54, 1.807) is 0 Å². The van der Waals surface area contributed by atoms with Gasteiger partial charge in [0, 0.05) is 0 Å². The Labute approximate surface area is 126 Å². The zero-order chi connectivity index (χ0) is 13.6. The van der Waals surface area contributed by atoms with Crippen LogP contribution < -0.4 is 4.46 Å². The van der Waals surface area contributed by atoms with Gasteiger partial charge in [-0.3, -0.25) is 0 Å². The van der Waals surface area contributed by atoms with Gasteiger partial charge in [0.2, 0.25) is 0 Å². The fraction of sp³-hybridized carbons (Fsp3) is 0.222. The number of benzene rings is 2. The second kappa shape index (κ2) is 6.90. The quantitative estimate of drug-likeness (QED) is 0.784. The van der Waals surface area contributed by atoms with E-state index >= 15 is 0 Å².